The van der Waals surface area contributed by atoms with Gasteiger partial charge in [-0.15, -0.1) is 0 Å². The predicted octanol–water partition coefficient (Wildman–Crippen LogP) is 2.78. The van der Waals surface area contributed by atoms with Crippen LogP contribution in [0.5, 0.6) is 5.75 Å². The molecule has 1 aliphatic heterocycles. The summed E-state index contributed by atoms with van der Waals surface area (Å²) >= 11 is 6.22. The summed E-state index contributed by atoms with van der Waals surface area (Å²) in [7, 11) is 0. The van der Waals surface area contributed by atoms with E-state index in [2.05, 4.69) is 10.6 Å². The molecule has 1 amide bonds. The number of nitrogens with one attached hydrogen (secondary N) is 2. The Hall–Kier alpha value is -2.24. The average Bonchev–Trinajstić information content (AvgIpc) is 2.53. The highest BCUT2D eigenvalue weighted by atomic mass is 35.5. The van der Waals surface area contributed by atoms with Crippen LogP contribution >= 0.6 is 11.6 Å². The fourth-order valence-corrected chi connectivity index (χ4v) is 2.43. The monoisotopic (exact) mass is 318 g/mol. The number of hydrogen-bond acceptors (Lipinski definition) is 4. The smallest absolute Gasteiger partial charge is 0.262 e. The molecule has 0 radical (unpaired) electrons. The minimum absolute atomic E-state index is 0.0106. The van der Waals surface area contributed by atoms with Crippen LogP contribution < -0.4 is 15.4 Å². The van der Waals surface area contributed by atoms with Gasteiger partial charge in [0.15, 0.2) is 6.61 Å². The van der Waals surface area contributed by atoms with E-state index in [0.29, 0.717) is 23.0 Å². The topological polar surface area (TPSA) is 70.6 Å². The number of amides is 1. The number of hydrogen-bond donors (Lipinski definition) is 3. The zero-order valence-corrected chi connectivity index (χ0v) is 12.5. The molecule has 114 valence electrons. The second-order valence-corrected chi connectivity index (χ2v) is 5.40. The zero-order chi connectivity index (χ0) is 15.5. The highest BCUT2D eigenvalue weighted by molar-refractivity contribution is 6.33. The van der Waals surface area contributed by atoms with E-state index in [1.807, 2.05) is 24.3 Å². The molecule has 1 heterocycles. The number of halogens is 1. The number of rotatable bonds is 4. The van der Waals surface area contributed by atoms with Crippen molar-refractivity contribution < 1.29 is 14.6 Å². The molecule has 6 heteroatoms. The highest BCUT2D eigenvalue weighted by Crippen LogP contribution is 2.36. The predicted molar refractivity (Wildman–Crippen MR) is 85.3 cm³/mol. The van der Waals surface area contributed by atoms with Crippen molar-refractivity contribution in [1.82, 2.24) is 0 Å². The van der Waals surface area contributed by atoms with E-state index < -0.39 is 0 Å². The van der Waals surface area contributed by atoms with Gasteiger partial charge in [-0.05, 0) is 17.2 Å². The molecule has 0 saturated carbocycles. The van der Waals surface area contributed by atoms with E-state index in [4.69, 9.17) is 21.4 Å². The first-order valence-corrected chi connectivity index (χ1v) is 7.22. The second-order valence-electron chi connectivity index (χ2n) is 4.99. The zero-order valence-electron chi connectivity index (χ0n) is 11.7. The van der Waals surface area contributed by atoms with Crippen LogP contribution in [0.25, 0.3) is 0 Å². The molecule has 0 spiro atoms. The summed E-state index contributed by atoms with van der Waals surface area (Å²) in [6, 6.07) is 11.1. The number of ether oxygens (including phenoxy) is 1. The first-order valence-electron chi connectivity index (χ1n) is 6.84. The van der Waals surface area contributed by atoms with E-state index in [9.17, 15) is 4.79 Å². The lowest BCUT2D eigenvalue weighted by molar-refractivity contribution is -0.118. The Morgan fingerprint density at radius 1 is 1.23 bits per heavy atom. The Labute approximate surface area is 132 Å². The lowest BCUT2D eigenvalue weighted by Gasteiger charge is -2.20. The van der Waals surface area contributed by atoms with Crippen LogP contribution in [-0.4, -0.2) is 17.6 Å². The van der Waals surface area contributed by atoms with Gasteiger partial charge in [0.25, 0.3) is 5.91 Å². The van der Waals surface area contributed by atoms with Crippen molar-refractivity contribution in [1.29, 1.82) is 0 Å². The largest absolute Gasteiger partial charge is 0.482 e. The molecule has 5 nitrogen and oxygen atoms in total. The molecule has 0 aromatic heterocycles. The Morgan fingerprint density at radius 3 is 2.68 bits per heavy atom. The molecule has 1 aliphatic rings. The summed E-state index contributed by atoms with van der Waals surface area (Å²) in [6.45, 7) is 0.640. The minimum Gasteiger partial charge on any atom is -0.482 e. The summed E-state index contributed by atoms with van der Waals surface area (Å²) in [6.07, 6.45) is 0. The van der Waals surface area contributed by atoms with Crippen LogP contribution in [0.2, 0.25) is 5.02 Å². The van der Waals surface area contributed by atoms with Crippen molar-refractivity contribution in [2.75, 3.05) is 17.2 Å². The Balaban J connectivity index is 1.73. The lowest BCUT2D eigenvalue weighted by Crippen LogP contribution is -2.25. The molecule has 22 heavy (non-hydrogen) atoms. The summed E-state index contributed by atoms with van der Waals surface area (Å²) in [5, 5.41) is 15.5. The molecule has 3 rings (SSSR count). The van der Waals surface area contributed by atoms with Gasteiger partial charge in [-0.3, -0.25) is 4.79 Å². The molecule has 0 aliphatic carbocycles. The standard InChI is InChI=1S/C16H15ClN2O3/c17-12-5-14-15(22-9-16(21)19-14)6-13(12)18-7-10-1-3-11(8-20)4-2-10/h1-6,18,20H,7-9H2,(H,19,21). The Bertz CT molecular complexity index is 701. The third-order valence-electron chi connectivity index (χ3n) is 3.39. The van der Waals surface area contributed by atoms with E-state index in [1.54, 1.807) is 12.1 Å². The summed E-state index contributed by atoms with van der Waals surface area (Å²) in [4.78, 5) is 11.3. The fraction of sp³-hybridized carbons (Fsp3) is 0.188. The quantitative estimate of drug-likeness (QED) is 0.810. The maximum Gasteiger partial charge on any atom is 0.262 e. The van der Waals surface area contributed by atoms with E-state index in [-0.39, 0.29) is 19.1 Å². The lowest BCUT2D eigenvalue weighted by atomic mass is 10.1. The summed E-state index contributed by atoms with van der Waals surface area (Å²) in [5.74, 6) is 0.412. The average molecular weight is 319 g/mol. The molecule has 0 fully saturated rings. The molecular weight excluding hydrogens is 304 g/mol. The number of carbonyl (C=O) groups is 1. The van der Waals surface area contributed by atoms with Gasteiger partial charge in [0.05, 0.1) is 23.0 Å². The van der Waals surface area contributed by atoms with Crippen molar-refractivity contribution in [3.8, 4) is 5.75 Å². The van der Waals surface area contributed by atoms with Gasteiger partial charge in [-0.1, -0.05) is 35.9 Å². The van der Waals surface area contributed by atoms with Gasteiger partial charge in [0, 0.05) is 12.6 Å². The fourth-order valence-electron chi connectivity index (χ4n) is 2.20. The number of aliphatic hydroxyl groups is 1. The van der Waals surface area contributed by atoms with Crippen LogP contribution in [0.4, 0.5) is 11.4 Å². The molecule has 2 aromatic carbocycles. The van der Waals surface area contributed by atoms with Gasteiger partial charge in [0.1, 0.15) is 5.75 Å². The number of aliphatic hydroxyl groups excluding tert-OH is 1. The van der Waals surface area contributed by atoms with Gasteiger partial charge >= 0.3 is 0 Å². The molecule has 0 saturated heterocycles. The van der Waals surface area contributed by atoms with Crippen molar-refractivity contribution in [3.63, 3.8) is 0 Å². The number of anilines is 2. The molecule has 0 bridgehead atoms. The molecule has 0 atom stereocenters. The van der Waals surface area contributed by atoms with Crippen LogP contribution in [0, 0.1) is 0 Å². The number of fused-ring (bicyclic) bond motifs is 1. The summed E-state index contributed by atoms with van der Waals surface area (Å²) in [5.41, 5.74) is 3.27. The second kappa shape index (κ2) is 6.25. The SMILES string of the molecule is O=C1COc2cc(NCc3ccc(CO)cc3)c(Cl)cc2N1. The van der Waals surface area contributed by atoms with Crippen molar-refractivity contribution >= 4 is 28.9 Å². The van der Waals surface area contributed by atoms with Crippen molar-refractivity contribution in [2.45, 2.75) is 13.2 Å². The first-order chi connectivity index (χ1) is 10.7. The van der Waals surface area contributed by atoms with Gasteiger partial charge in [0.2, 0.25) is 0 Å². The normalized spacial score (nSPS) is 13.1. The first kappa shape index (κ1) is 14.7. The van der Waals surface area contributed by atoms with Gasteiger partial charge in [-0.2, -0.15) is 0 Å². The molecule has 2 aromatic rings. The van der Waals surface area contributed by atoms with Crippen LogP contribution in [0.1, 0.15) is 11.1 Å². The number of benzene rings is 2. The molecular formula is C16H15ClN2O3. The minimum atomic E-state index is -0.187. The van der Waals surface area contributed by atoms with Gasteiger partial charge in [-0.25, -0.2) is 0 Å². The summed E-state index contributed by atoms with van der Waals surface area (Å²) < 4.78 is 5.38. The molecule has 0 unspecified atom stereocenters. The third-order valence-corrected chi connectivity index (χ3v) is 3.70. The molecule has 3 N–H and O–H groups in total. The van der Waals surface area contributed by atoms with Gasteiger partial charge < -0.3 is 20.5 Å². The van der Waals surface area contributed by atoms with E-state index in [0.717, 1.165) is 16.8 Å². The Morgan fingerprint density at radius 2 is 1.95 bits per heavy atom. The van der Waals surface area contributed by atoms with Crippen LogP contribution in [-0.2, 0) is 17.9 Å². The van der Waals surface area contributed by atoms with Crippen LogP contribution in [0.15, 0.2) is 36.4 Å². The Kier molecular flexibility index (Phi) is 4.18. The maximum absolute atomic E-state index is 11.3. The third kappa shape index (κ3) is 3.16. The van der Waals surface area contributed by atoms with Crippen molar-refractivity contribution in [3.05, 3.63) is 52.5 Å². The van der Waals surface area contributed by atoms with Crippen LogP contribution in [0.3, 0.4) is 0 Å². The maximum atomic E-state index is 11.3. The van der Waals surface area contributed by atoms with E-state index in [1.165, 1.54) is 0 Å². The van der Waals surface area contributed by atoms with Crippen molar-refractivity contribution in [2.24, 2.45) is 0 Å². The highest BCUT2D eigenvalue weighted by Gasteiger charge is 2.18. The number of carbonyl (C=O) groups excluding carboxylic acids is 1. The van der Waals surface area contributed by atoms with E-state index >= 15 is 0 Å².